The van der Waals surface area contributed by atoms with Crippen LogP contribution in [0.1, 0.15) is 59.8 Å². The van der Waals surface area contributed by atoms with E-state index in [0.29, 0.717) is 44.2 Å². The smallest absolute Gasteiger partial charge is 0.316 e. The zero-order valence-electron chi connectivity index (χ0n) is 22.2. The molecule has 0 atom stereocenters. The van der Waals surface area contributed by atoms with Crippen LogP contribution in [-0.2, 0) is 10.0 Å². The van der Waals surface area contributed by atoms with Crippen molar-refractivity contribution in [2.24, 2.45) is 0 Å². The van der Waals surface area contributed by atoms with E-state index < -0.39 is 32.3 Å². The van der Waals surface area contributed by atoms with Gasteiger partial charge in [-0.05, 0) is 58.7 Å². The van der Waals surface area contributed by atoms with Crippen LogP contribution < -0.4 is 15.2 Å². The number of rotatable bonds is 12. The quantitative estimate of drug-likeness (QED) is 0.413. The summed E-state index contributed by atoms with van der Waals surface area (Å²) < 4.78 is 47.5. The Labute approximate surface area is 218 Å². The molecule has 1 aliphatic heterocycles. The van der Waals surface area contributed by atoms with Crippen molar-refractivity contribution < 1.29 is 22.7 Å². The number of sulfonamides is 1. The van der Waals surface area contributed by atoms with E-state index in [9.17, 15) is 22.7 Å². The highest BCUT2D eigenvalue weighted by molar-refractivity contribution is 7.89. The number of aliphatic hydroxyl groups is 1. The average molecular weight is 539 g/mol. The fraction of sp³-hybridized carbons (Fsp3) is 0.615. The monoisotopic (exact) mass is 538 g/mol. The second kappa shape index (κ2) is 12.4. The third-order valence-corrected chi connectivity index (χ3v) is 8.71. The van der Waals surface area contributed by atoms with Crippen LogP contribution in [0.25, 0.3) is 5.69 Å². The van der Waals surface area contributed by atoms with Crippen molar-refractivity contribution in [3.63, 3.8) is 0 Å². The van der Waals surface area contributed by atoms with E-state index in [2.05, 4.69) is 5.10 Å². The molecule has 2 aromatic rings. The lowest BCUT2D eigenvalue weighted by Crippen LogP contribution is -2.50. The Morgan fingerprint density at radius 2 is 1.78 bits per heavy atom. The molecule has 0 radical (unpaired) electrons. The molecular weight excluding hydrogens is 499 g/mol. The topological polar surface area (TPSA) is 105 Å². The Hall–Kier alpha value is -2.50. The fourth-order valence-electron chi connectivity index (χ4n) is 4.25. The van der Waals surface area contributed by atoms with Crippen LogP contribution in [0.5, 0.6) is 5.75 Å². The second-order valence-electron chi connectivity index (χ2n) is 10.4. The molecule has 3 rings (SSSR count). The normalized spacial score (nSPS) is 15.4. The Bertz CT molecular complexity index is 1200. The molecule has 0 saturated carbocycles. The van der Waals surface area contributed by atoms with E-state index in [1.54, 1.807) is 33.8 Å². The first-order valence-corrected chi connectivity index (χ1v) is 14.4. The van der Waals surface area contributed by atoms with E-state index in [1.165, 1.54) is 28.7 Å². The summed E-state index contributed by atoms with van der Waals surface area (Å²) in [6.45, 7) is 8.62. The van der Waals surface area contributed by atoms with Gasteiger partial charge in [0.15, 0.2) is 0 Å². The summed E-state index contributed by atoms with van der Waals surface area (Å²) in [4.78, 5) is 15.3. The van der Waals surface area contributed by atoms with E-state index in [4.69, 9.17) is 4.74 Å². The molecular formula is C26H39FN4O5S. The van der Waals surface area contributed by atoms with Gasteiger partial charge < -0.3 is 14.7 Å². The third kappa shape index (κ3) is 7.75. The molecule has 206 valence electrons. The minimum absolute atomic E-state index is 0.121. The SMILES string of the molecule is CC(C)S(=O)(=O)N1CCN(c2cnn(-c3cccc(F)c3)c(=O)c2OCCCCCCC(C)(C)O)CC1. The number of aromatic nitrogens is 2. The van der Waals surface area contributed by atoms with Gasteiger partial charge in [-0.3, -0.25) is 4.79 Å². The highest BCUT2D eigenvalue weighted by Gasteiger charge is 2.31. The van der Waals surface area contributed by atoms with Gasteiger partial charge in [0.1, 0.15) is 11.5 Å². The van der Waals surface area contributed by atoms with Crippen LogP contribution in [0.3, 0.4) is 0 Å². The highest BCUT2D eigenvalue weighted by atomic mass is 32.2. The molecule has 0 unspecified atom stereocenters. The van der Waals surface area contributed by atoms with Crippen molar-refractivity contribution >= 4 is 15.7 Å². The molecule has 2 heterocycles. The third-order valence-electron chi connectivity index (χ3n) is 6.43. The van der Waals surface area contributed by atoms with Crippen LogP contribution in [0.4, 0.5) is 10.1 Å². The van der Waals surface area contributed by atoms with E-state index >= 15 is 0 Å². The number of ether oxygens (including phenoxy) is 1. The first-order chi connectivity index (χ1) is 17.4. The van der Waals surface area contributed by atoms with Crippen LogP contribution in [0.15, 0.2) is 35.3 Å². The van der Waals surface area contributed by atoms with Gasteiger partial charge in [-0.2, -0.15) is 14.1 Å². The van der Waals surface area contributed by atoms with Gasteiger partial charge in [0.2, 0.25) is 15.8 Å². The Kier molecular flexibility index (Phi) is 9.71. The van der Waals surface area contributed by atoms with Crippen molar-refractivity contribution in [1.82, 2.24) is 14.1 Å². The number of benzene rings is 1. The van der Waals surface area contributed by atoms with Crippen LogP contribution in [-0.4, -0.2) is 71.2 Å². The molecule has 1 N–H and O–H groups in total. The van der Waals surface area contributed by atoms with Crippen molar-refractivity contribution in [2.75, 3.05) is 37.7 Å². The van der Waals surface area contributed by atoms with Gasteiger partial charge in [-0.25, -0.2) is 12.8 Å². The lowest BCUT2D eigenvalue weighted by molar-refractivity contribution is 0.0679. The number of piperazine rings is 1. The van der Waals surface area contributed by atoms with Gasteiger partial charge in [0.25, 0.3) is 0 Å². The molecule has 9 nitrogen and oxygen atoms in total. The van der Waals surface area contributed by atoms with Crippen molar-refractivity contribution in [3.8, 4) is 11.4 Å². The Morgan fingerprint density at radius 3 is 2.41 bits per heavy atom. The summed E-state index contributed by atoms with van der Waals surface area (Å²) in [6.07, 6.45) is 5.71. The molecule has 1 saturated heterocycles. The molecule has 1 fully saturated rings. The van der Waals surface area contributed by atoms with Gasteiger partial charge in [0, 0.05) is 26.2 Å². The molecule has 1 aromatic heterocycles. The first kappa shape index (κ1) is 29.1. The zero-order valence-corrected chi connectivity index (χ0v) is 23.0. The molecule has 1 aromatic carbocycles. The van der Waals surface area contributed by atoms with E-state index in [0.717, 1.165) is 36.8 Å². The first-order valence-electron chi connectivity index (χ1n) is 12.9. The maximum Gasteiger partial charge on any atom is 0.316 e. The minimum Gasteiger partial charge on any atom is -0.486 e. The van der Waals surface area contributed by atoms with Crippen molar-refractivity contribution in [2.45, 2.75) is 70.7 Å². The van der Waals surface area contributed by atoms with Crippen molar-refractivity contribution in [1.29, 1.82) is 0 Å². The number of unbranched alkanes of at least 4 members (excludes halogenated alkanes) is 3. The summed E-state index contributed by atoms with van der Waals surface area (Å²) in [6, 6.07) is 5.63. The van der Waals surface area contributed by atoms with E-state index in [-0.39, 0.29) is 5.75 Å². The molecule has 0 bridgehead atoms. The predicted octanol–water partition coefficient (Wildman–Crippen LogP) is 3.33. The summed E-state index contributed by atoms with van der Waals surface area (Å²) in [7, 11) is -3.36. The van der Waals surface area contributed by atoms with Gasteiger partial charge >= 0.3 is 5.56 Å². The van der Waals surface area contributed by atoms with Gasteiger partial charge in [0.05, 0.1) is 29.3 Å². The average Bonchev–Trinajstić information content (AvgIpc) is 2.83. The second-order valence-corrected chi connectivity index (χ2v) is 12.8. The van der Waals surface area contributed by atoms with Crippen LogP contribution in [0.2, 0.25) is 0 Å². The maximum absolute atomic E-state index is 13.8. The van der Waals surface area contributed by atoms with Gasteiger partial charge in [-0.15, -0.1) is 0 Å². The van der Waals surface area contributed by atoms with Crippen LogP contribution in [0, 0.1) is 5.82 Å². The summed E-state index contributed by atoms with van der Waals surface area (Å²) in [5.41, 5.74) is -0.382. The molecule has 1 aliphatic rings. The van der Waals surface area contributed by atoms with E-state index in [1.807, 2.05) is 4.90 Å². The Balaban J connectivity index is 1.77. The maximum atomic E-state index is 13.8. The lowest BCUT2D eigenvalue weighted by Gasteiger charge is -2.36. The fourth-order valence-corrected chi connectivity index (χ4v) is 5.52. The predicted molar refractivity (Wildman–Crippen MR) is 143 cm³/mol. The lowest BCUT2D eigenvalue weighted by atomic mass is 10.0. The molecule has 0 amide bonds. The molecule has 0 spiro atoms. The van der Waals surface area contributed by atoms with Crippen molar-refractivity contribution in [3.05, 3.63) is 46.6 Å². The number of anilines is 1. The summed E-state index contributed by atoms with van der Waals surface area (Å²) >= 11 is 0. The Morgan fingerprint density at radius 1 is 1.11 bits per heavy atom. The summed E-state index contributed by atoms with van der Waals surface area (Å²) in [5, 5.41) is 13.6. The van der Waals surface area contributed by atoms with Crippen LogP contribution >= 0.6 is 0 Å². The number of hydrogen-bond donors (Lipinski definition) is 1. The standard InChI is InChI=1S/C26H39FN4O5S/c1-20(2)37(34,35)30-15-13-29(14-16-30)23-19-28-31(22-11-9-10-21(27)18-22)25(32)24(23)36-17-8-6-5-7-12-26(3,4)33/h9-11,18-20,33H,5-8,12-17H2,1-4H3. The number of nitrogens with zero attached hydrogens (tertiary/aromatic N) is 4. The minimum atomic E-state index is -3.36. The zero-order chi connectivity index (χ0) is 27.2. The molecule has 11 heteroatoms. The largest absolute Gasteiger partial charge is 0.486 e. The molecule has 0 aliphatic carbocycles. The number of halogens is 1. The molecule has 37 heavy (non-hydrogen) atoms. The number of hydrogen-bond acceptors (Lipinski definition) is 7. The summed E-state index contributed by atoms with van der Waals surface area (Å²) in [5.74, 6) is -0.359. The highest BCUT2D eigenvalue weighted by Crippen LogP contribution is 2.27. The van der Waals surface area contributed by atoms with Gasteiger partial charge in [-0.1, -0.05) is 25.3 Å².